The Hall–Kier alpha value is -2.10. The highest BCUT2D eigenvalue weighted by Crippen LogP contribution is 2.17. The van der Waals surface area contributed by atoms with E-state index in [9.17, 15) is 4.79 Å². The number of para-hydroxylation sites is 1. The molecule has 4 heteroatoms. The molecule has 0 spiro atoms. The Bertz CT molecular complexity index is 491. The number of carbonyl (C=O) groups excluding carboxylic acids is 1. The zero-order valence-electron chi connectivity index (χ0n) is 10.7. The van der Waals surface area contributed by atoms with Crippen molar-refractivity contribution >= 4 is 11.6 Å². The summed E-state index contributed by atoms with van der Waals surface area (Å²) < 4.78 is 1.74. The van der Waals surface area contributed by atoms with Gasteiger partial charge in [0, 0.05) is 24.0 Å². The van der Waals surface area contributed by atoms with Crippen LogP contribution < -0.4 is 4.90 Å². The molecule has 0 radical (unpaired) electrons. The van der Waals surface area contributed by atoms with Gasteiger partial charge >= 0.3 is 0 Å². The van der Waals surface area contributed by atoms with Crippen LogP contribution in [0.25, 0.3) is 0 Å². The molecule has 0 saturated heterocycles. The monoisotopic (exact) mass is 243 g/mol. The van der Waals surface area contributed by atoms with Gasteiger partial charge in [0.05, 0.1) is 0 Å². The normalized spacial score (nSPS) is 10.6. The Balaban J connectivity index is 2.26. The van der Waals surface area contributed by atoms with Crippen LogP contribution in [-0.4, -0.2) is 15.7 Å². The first-order valence-electron chi connectivity index (χ1n) is 6.02. The topological polar surface area (TPSA) is 38.1 Å². The van der Waals surface area contributed by atoms with Gasteiger partial charge in [-0.2, -0.15) is 5.10 Å². The van der Waals surface area contributed by atoms with Gasteiger partial charge in [0.15, 0.2) is 0 Å². The molecule has 0 aliphatic heterocycles. The van der Waals surface area contributed by atoms with Crippen molar-refractivity contribution in [3.8, 4) is 0 Å². The van der Waals surface area contributed by atoms with Gasteiger partial charge in [0.1, 0.15) is 6.67 Å². The fourth-order valence-electron chi connectivity index (χ4n) is 1.73. The minimum atomic E-state index is -0.0410. The van der Waals surface area contributed by atoms with Crippen molar-refractivity contribution in [3.05, 3.63) is 48.8 Å². The largest absolute Gasteiger partial charge is 0.292 e. The molecule has 0 unspecified atom stereocenters. The van der Waals surface area contributed by atoms with Gasteiger partial charge in [-0.25, -0.2) is 0 Å². The minimum absolute atomic E-state index is 0.0410. The molecule has 94 valence electrons. The highest BCUT2D eigenvalue weighted by Gasteiger charge is 2.18. The van der Waals surface area contributed by atoms with Crippen molar-refractivity contribution in [1.29, 1.82) is 0 Å². The third kappa shape index (κ3) is 2.77. The van der Waals surface area contributed by atoms with E-state index in [1.807, 2.05) is 56.4 Å². The maximum atomic E-state index is 12.3. The number of hydrogen-bond acceptors (Lipinski definition) is 2. The third-order valence-corrected chi connectivity index (χ3v) is 2.67. The number of aromatic nitrogens is 2. The van der Waals surface area contributed by atoms with Crippen molar-refractivity contribution in [2.24, 2.45) is 5.92 Å². The lowest BCUT2D eigenvalue weighted by Crippen LogP contribution is -2.36. The first kappa shape index (κ1) is 12.4. The van der Waals surface area contributed by atoms with E-state index < -0.39 is 0 Å². The van der Waals surface area contributed by atoms with E-state index in [1.54, 1.807) is 15.8 Å². The first-order chi connectivity index (χ1) is 8.68. The molecule has 1 aromatic carbocycles. The van der Waals surface area contributed by atoms with E-state index in [0.29, 0.717) is 6.67 Å². The minimum Gasteiger partial charge on any atom is -0.292 e. The maximum Gasteiger partial charge on any atom is 0.231 e. The molecule has 0 atom stereocenters. The van der Waals surface area contributed by atoms with E-state index in [0.717, 1.165) is 5.69 Å². The van der Waals surface area contributed by atoms with Gasteiger partial charge in [0.2, 0.25) is 5.91 Å². The van der Waals surface area contributed by atoms with Gasteiger partial charge in [0.25, 0.3) is 0 Å². The number of benzene rings is 1. The fourth-order valence-corrected chi connectivity index (χ4v) is 1.73. The fraction of sp³-hybridized carbons (Fsp3) is 0.286. The van der Waals surface area contributed by atoms with E-state index in [4.69, 9.17) is 0 Å². The van der Waals surface area contributed by atoms with Crippen molar-refractivity contribution < 1.29 is 4.79 Å². The molecule has 1 heterocycles. The van der Waals surface area contributed by atoms with Crippen LogP contribution in [-0.2, 0) is 11.5 Å². The number of rotatable bonds is 4. The average molecular weight is 243 g/mol. The molecule has 0 aliphatic carbocycles. The van der Waals surface area contributed by atoms with Crippen LogP contribution in [0.4, 0.5) is 5.69 Å². The number of carbonyl (C=O) groups is 1. The van der Waals surface area contributed by atoms with Gasteiger partial charge in [-0.1, -0.05) is 32.0 Å². The SMILES string of the molecule is CC(C)C(=O)N(Cn1cccn1)c1ccccc1. The number of hydrogen-bond donors (Lipinski definition) is 0. The maximum absolute atomic E-state index is 12.3. The quantitative estimate of drug-likeness (QED) is 0.827. The second-order valence-corrected chi connectivity index (χ2v) is 4.44. The van der Waals surface area contributed by atoms with E-state index >= 15 is 0 Å². The molecule has 4 nitrogen and oxygen atoms in total. The summed E-state index contributed by atoms with van der Waals surface area (Å²) in [5.74, 6) is 0.0532. The van der Waals surface area contributed by atoms with Crippen molar-refractivity contribution in [2.45, 2.75) is 20.5 Å². The lowest BCUT2D eigenvalue weighted by atomic mass is 10.2. The summed E-state index contributed by atoms with van der Waals surface area (Å²) in [4.78, 5) is 14.0. The zero-order valence-corrected chi connectivity index (χ0v) is 10.7. The van der Waals surface area contributed by atoms with E-state index in [2.05, 4.69) is 5.10 Å². The molecule has 0 fully saturated rings. The van der Waals surface area contributed by atoms with Gasteiger partial charge < -0.3 is 0 Å². The van der Waals surface area contributed by atoms with Gasteiger partial charge in [-0.3, -0.25) is 14.4 Å². The van der Waals surface area contributed by atoms with Gasteiger partial charge in [-0.15, -0.1) is 0 Å². The summed E-state index contributed by atoms with van der Waals surface area (Å²) >= 11 is 0. The Morgan fingerprint density at radius 2 is 2.00 bits per heavy atom. The smallest absolute Gasteiger partial charge is 0.231 e. The Kier molecular flexibility index (Phi) is 3.77. The highest BCUT2D eigenvalue weighted by atomic mass is 16.2. The molecule has 0 aliphatic rings. The summed E-state index contributed by atoms with van der Waals surface area (Å²) in [6.07, 6.45) is 3.56. The van der Waals surface area contributed by atoms with Crippen molar-refractivity contribution in [2.75, 3.05) is 4.90 Å². The summed E-state index contributed by atoms with van der Waals surface area (Å²) in [5.41, 5.74) is 0.895. The summed E-state index contributed by atoms with van der Waals surface area (Å²) in [6.45, 7) is 4.25. The Labute approximate surface area is 107 Å². The Morgan fingerprint density at radius 1 is 1.28 bits per heavy atom. The zero-order chi connectivity index (χ0) is 13.0. The van der Waals surface area contributed by atoms with Crippen LogP contribution in [0.1, 0.15) is 13.8 Å². The average Bonchev–Trinajstić information content (AvgIpc) is 2.89. The molecule has 0 bridgehead atoms. The van der Waals surface area contributed by atoms with E-state index in [1.165, 1.54) is 0 Å². The summed E-state index contributed by atoms with van der Waals surface area (Å²) in [6, 6.07) is 11.5. The molecule has 1 amide bonds. The van der Waals surface area contributed by atoms with Crippen LogP contribution in [0.3, 0.4) is 0 Å². The lowest BCUT2D eigenvalue weighted by Gasteiger charge is -2.24. The highest BCUT2D eigenvalue weighted by molar-refractivity contribution is 5.94. The standard InChI is InChI=1S/C14H17N3O/c1-12(2)14(18)17(11-16-10-6-9-15-16)13-7-4-3-5-8-13/h3-10,12H,11H2,1-2H3. The van der Waals surface area contributed by atoms with Crippen LogP contribution in [0.2, 0.25) is 0 Å². The van der Waals surface area contributed by atoms with Crippen LogP contribution in [0.5, 0.6) is 0 Å². The second-order valence-electron chi connectivity index (χ2n) is 4.44. The number of anilines is 1. The molecule has 2 rings (SSSR count). The summed E-state index contributed by atoms with van der Waals surface area (Å²) in [5, 5.41) is 4.15. The molecule has 1 aromatic heterocycles. The molecular weight excluding hydrogens is 226 g/mol. The summed E-state index contributed by atoms with van der Waals surface area (Å²) in [7, 11) is 0. The Morgan fingerprint density at radius 3 is 2.56 bits per heavy atom. The third-order valence-electron chi connectivity index (χ3n) is 2.67. The molecule has 2 aromatic rings. The molecule has 0 saturated carbocycles. The predicted molar refractivity (Wildman–Crippen MR) is 71.0 cm³/mol. The van der Waals surface area contributed by atoms with Crippen molar-refractivity contribution in [1.82, 2.24) is 9.78 Å². The number of amides is 1. The lowest BCUT2D eigenvalue weighted by molar-refractivity contribution is -0.121. The van der Waals surface area contributed by atoms with Crippen LogP contribution in [0, 0.1) is 5.92 Å². The first-order valence-corrected chi connectivity index (χ1v) is 6.02. The second kappa shape index (κ2) is 5.49. The van der Waals surface area contributed by atoms with E-state index in [-0.39, 0.29) is 11.8 Å². The molecule has 0 N–H and O–H groups in total. The van der Waals surface area contributed by atoms with Crippen molar-refractivity contribution in [3.63, 3.8) is 0 Å². The number of nitrogens with zero attached hydrogens (tertiary/aromatic N) is 3. The molecular formula is C14H17N3O. The van der Waals surface area contributed by atoms with Crippen LogP contribution in [0.15, 0.2) is 48.8 Å². The van der Waals surface area contributed by atoms with Gasteiger partial charge in [-0.05, 0) is 18.2 Å². The molecule has 18 heavy (non-hydrogen) atoms. The predicted octanol–water partition coefficient (Wildman–Crippen LogP) is 2.53. The van der Waals surface area contributed by atoms with Crippen LogP contribution >= 0.6 is 0 Å².